The fourth-order valence-electron chi connectivity index (χ4n) is 2.05. The molecular weight excluding hydrogens is 242 g/mol. The van der Waals surface area contributed by atoms with Crippen LogP contribution in [0.3, 0.4) is 0 Å². The molecule has 2 aromatic heterocycles. The van der Waals surface area contributed by atoms with E-state index in [1.54, 1.807) is 7.05 Å². The predicted octanol–water partition coefficient (Wildman–Crippen LogP) is 0.743. The zero-order valence-electron chi connectivity index (χ0n) is 11.7. The quantitative estimate of drug-likeness (QED) is 0.851. The van der Waals surface area contributed by atoms with Gasteiger partial charge in [0.2, 0.25) is 5.91 Å². The van der Waals surface area contributed by atoms with Crippen LogP contribution in [0.15, 0.2) is 12.3 Å². The van der Waals surface area contributed by atoms with Crippen LogP contribution in [0.5, 0.6) is 0 Å². The van der Waals surface area contributed by atoms with Crippen LogP contribution in [0.2, 0.25) is 0 Å². The van der Waals surface area contributed by atoms with E-state index in [0.29, 0.717) is 0 Å². The fourth-order valence-corrected chi connectivity index (χ4v) is 2.05. The Morgan fingerprint density at radius 3 is 2.89 bits per heavy atom. The van der Waals surface area contributed by atoms with Crippen LogP contribution in [0, 0.1) is 13.8 Å². The van der Waals surface area contributed by atoms with Gasteiger partial charge >= 0.3 is 0 Å². The molecule has 0 aliphatic heterocycles. The van der Waals surface area contributed by atoms with Crippen LogP contribution in [0.4, 0.5) is 0 Å². The summed E-state index contributed by atoms with van der Waals surface area (Å²) in [6, 6.07) is 1.98. The van der Waals surface area contributed by atoms with E-state index >= 15 is 0 Å². The number of fused-ring (bicyclic) bond motifs is 1. The lowest BCUT2D eigenvalue weighted by Crippen LogP contribution is -2.33. The number of carbonyl (C=O) groups excluding carboxylic acids is 1. The molecule has 102 valence electrons. The topological polar surface area (TPSA) is 71.3 Å². The molecule has 1 unspecified atom stereocenters. The molecule has 0 saturated heterocycles. The van der Waals surface area contributed by atoms with Crippen LogP contribution in [-0.2, 0) is 4.79 Å². The highest BCUT2D eigenvalue weighted by Gasteiger charge is 2.13. The Balaban J connectivity index is 2.24. The minimum absolute atomic E-state index is 0.0338. The van der Waals surface area contributed by atoms with Gasteiger partial charge in [0.1, 0.15) is 0 Å². The Morgan fingerprint density at radius 2 is 2.21 bits per heavy atom. The lowest BCUT2D eigenvalue weighted by atomic mass is 10.1. The van der Waals surface area contributed by atoms with Gasteiger partial charge in [0, 0.05) is 36.6 Å². The highest BCUT2D eigenvalue weighted by molar-refractivity contribution is 5.77. The Hall–Kier alpha value is -1.95. The van der Waals surface area contributed by atoms with Gasteiger partial charge in [-0.25, -0.2) is 9.50 Å². The van der Waals surface area contributed by atoms with Gasteiger partial charge < -0.3 is 10.6 Å². The van der Waals surface area contributed by atoms with E-state index < -0.39 is 0 Å². The van der Waals surface area contributed by atoms with Crippen molar-refractivity contribution in [2.45, 2.75) is 26.8 Å². The normalized spacial score (nSPS) is 12.6. The molecule has 2 N–H and O–H groups in total. The van der Waals surface area contributed by atoms with Crippen molar-refractivity contribution in [3.8, 4) is 0 Å². The van der Waals surface area contributed by atoms with Gasteiger partial charge in [-0.2, -0.15) is 5.10 Å². The fraction of sp³-hybridized carbons (Fsp3) is 0.462. The summed E-state index contributed by atoms with van der Waals surface area (Å²) in [5, 5.41) is 10.2. The molecule has 6 nitrogen and oxygen atoms in total. The van der Waals surface area contributed by atoms with E-state index in [-0.39, 0.29) is 18.5 Å². The first-order valence-corrected chi connectivity index (χ1v) is 6.28. The van der Waals surface area contributed by atoms with Crippen molar-refractivity contribution in [2.75, 3.05) is 13.6 Å². The first-order valence-electron chi connectivity index (χ1n) is 6.28. The van der Waals surface area contributed by atoms with Crippen molar-refractivity contribution >= 4 is 11.6 Å². The van der Waals surface area contributed by atoms with Gasteiger partial charge in [-0.05, 0) is 20.8 Å². The second-order valence-corrected chi connectivity index (χ2v) is 4.63. The smallest absolute Gasteiger partial charge is 0.233 e. The molecule has 0 spiro atoms. The largest absolute Gasteiger partial charge is 0.358 e. The number of aryl methyl sites for hydroxylation is 2. The van der Waals surface area contributed by atoms with Gasteiger partial charge in [-0.1, -0.05) is 0 Å². The van der Waals surface area contributed by atoms with Crippen LogP contribution in [-0.4, -0.2) is 34.1 Å². The number of nitrogens with one attached hydrogen (secondary N) is 2. The van der Waals surface area contributed by atoms with E-state index in [0.717, 1.165) is 22.6 Å². The first kappa shape index (κ1) is 13.5. The summed E-state index contributed by atoms with van der Waals surface area (Å²) in [5.41, 5.74) is 3.87. The summed E-state index contributed by atoms with van der Waals surface area (Å²) in [6.45, 7) is 6.25. The molecule has 0 saturated carbocycles. The van der Waals surface area contributed by atoms with E-state index in [1.807, 2.05) is 37.5 Å². The number of aromatic nitrogens is 3. The summed E-state index contributed by atoms with van der Waals surface area (Å²) >= 11 is 0. The number of hydrogen-bond donors (Lipinski definition) is 2. The summed E-state index contributed by atoms with van der Waals surface area (Å²) in [6.07, 6.45) is 1.84. The lowest BCUT2D eigenvalue weighted by Gasteiger charge is -2.16. The number of carbonyl (C=O) groups is 1. The molecule has 2 rings (SSSR count). The Labute approximate surface area is 112 Å². The molecule has 0 aromatic carbocycles. The number of nitrogens with zero attached hydrogens (tertiary/aromatic N) is 3. The van der Waals surface area contributed by atoms with Crippen LogP contribution < -0.4 is 10.6 Å². The minimum Gasteiger partial charge on any atom is -0.358 e. The third-order valence-electron chi connectivity index (χ3n) is 3.20. The predicted molar refractivity (Wildman–Crippen MR) is 72.9 cm³/mol. The average Bonchev–Trinajstić information content (AvgIpc) is 2.77. The number of rotatable bonds is 4. The maximum atomic E-state index is 11.2. The summed E-state index contributed by atoms with van der Waals surface area (Å²) in [4.78, 5) is 15.6. The van der Waals surface area contributed by atoms with Crippen molar-refractivity contribution in [1.82, 2.24) is 25.2 Å². The van der Waals surface area contributed by atoms with Crippen molar-refractivity contribution in [3.63, 3.8) is 0 Å². The summed E-state index contributed by atoms with van der Waals surface area (Å²) < 4.78 is 1.84. The van der Waals surface area contributed by atoms with Crippen LogP contribution in [0.25, 0.3) is 5.65 Å². The third kappa shape index (κ3) is 2.73. The maximum absolute atomic E-state index is 11.2. The van der Waals surface area contributed by atoms with E-state index in [9.17, 15) is 4.79 Å². The van der Waals surface area contributed by atoms with Crippen molar-refractivity contribution in [3.05, 3.63) is 29.2 Å². The molecular formula is C13H19N5O. The molecule has 0 fully saturated rings. The number of likely N-dealkylation sites (N-methyl/N-ethyl adjacent to an activating group) is 1. The van der Waals surface area contributed by atoms with Gasteiger partial charge in [0.25, 0.3) is 0 Å². The molecule has 1 amide bonds. The third-order valence-corrected chi connectivity index (χ3v) is 3.20. The van der Waals surface area contributed by atoms with E-state index in [2.05, 4.69) is 20.7 Å². The molecule has 1 atom stereocenters. The molecule has 2 aromatic rings. The zero-order valence-corrected chi connectivity index (χ0v) is 11.7. The molecule has 6 heteroatoms. The monoisotopic (exact) mass is 261 g/mol. The van der Waals surface area contributed by atoms with Gasteiger partial charge in [-0.3, -0.25) is 4.79 Å². The number of amides is 1. The molecule has 0 radical (unpaired) electrons. The van der Waals surface area contributed by atoms with Crippen molar-refractivity contribution in [1.29, 1.82) is 0 Å². The van der Waals surface area contributed by atoms with Crippen LogP contribution in [0.1, 0.15) is 29.9 Å². The molecule has 19 heavy (non-hydrogen) atoms. The Morgan fingerprint density at radius 1 is 1.47 bits per heavy atom. The molecule has 0 aliphatic rings. The minimum atomic E-state index is -0.0338. The average molecular weight is 261 g/mol. The van der Waals surface area contributed by atoms with Gasteiger partial charge in [0.15, 0.2) is 5.65 Å². The van der Waals surface area contributed by atoms with Crippen LogP contribution >= 0.6 is 0 Å². The summed E-state index contributed by atoms with van der Waals surface area (Å²) in [5.74, 6) is -0.0338. The van der Waals surface area contributed by atoms with Crippen molar-refractivity contribution < 1.29 is 4.79 Å². The van der Waals surface area contributed by atoms with Gasteiger partial charge in [-0.15, -0.1) is 0 Å². The van der Waals surface area contributed by atoms with E-state index in [4.69, 9.17) is 0 Å². The first-order chi connectivity index (χ1) is 9.02. The SMILES string of the molecule is CNC(=O)CNC(C)c1cnc2cc(C)nn2c1C. The summed E-state index contributed by atoms with van der Waals surface area (Å²) in [7, 11) is 1.63. The van der Waals surface area contributed by atoms with Gasteiger partial charge in [0.05, 0.1) is 12.2 Å². The Kier molecular flexibility index (Phi) is 3.80. The molecule has 0 bridgehead atoms. The van der Waals surface area contributed by atoms with Crippen molar-refractivity contribution in [2.24, 2.45) is 0 Å². The lowest BCUT2D eigenvalue weighted by molar-refractivity contribution is -0.119. The Bertz CT molecular complexity index is 604. The second-order valence-electron chi connectivity index (χ2n) is 4.63. The highest BCUT2D eigenvalue weighted by Crippen LogP contribution is 2.17. The standard InChI is InChI=1S/C13H19N5O/c1-8-5-12-16-6-11(10(3)18(12)17-8)9(2)15-7-13(19)14-4/h5-6,9,15H,7H2,1-4H3,(H,14,19). The molecule has 0 aliphatic carbocycles. The number of hydrogen-bond acceptors (Lipinski definition) is 4. The second kappa shape index (κ2) is 5.36. The van der Waals surface area contributed by atoms with E-state index in [1.165, 1.54) is 0 Å². The maximum Gasteiger partial charge on any atom is 0.233 e. The highest BCUT2D eigenvalue weighted by atomic mass is 16.1. The molecule has 2 heterocycles. The zero-order chi connectivity index (χ0) is 14.0.